The SMILES string of the molecule is C=C(C)/C=C(\C)C1CC2(C1)CN(C(=C)c1ccc(C)cc1CC)C2. The highest BCUT2D eigenvalue weighted by molar-refractivity contribution is 5.66. The Labute approximate surface area is 147 Å². The molecular weight excluding hydrogens is 290 g/mol. The predicted octanol–water partition coefficient (Wildman–Crippen LogP) is 5.76. The fourth-order valence-electron chi connectivity index (χ4n) is 4.49. The summed E-state index contributed by atoms with van der Waals surface area (Å²) in [5.74, 6) is 0.766. The van der Waals surface area contributed by atoms with Crippen LogP contribution in [-0.2, 0) is 6.42 Å². The van der Waals surface area contributed by atoms with Gasteiger partial charge in [-0.05, 0) is 51.5 Å². The van der Waals surface area contributed by atoms with Crippen LogP contribution in [0.5, 0.6) is 0 Å². The minimum absolute atomic E-state index is 0.550. The van der Waals surface area contributed by atoms with Crippen LogP contribution in [0, 0.1) is 18.3 Å². The van der Waals surface area contributed by atoms with Gasteiger partial charge in [0.2, 0.25) is 0 Å². The van der Waals surface area contributed by atoms with Gasteiger partial charge in [0.1, 0.15) is 0 Å². The van der Waals surface area contributed by atoms with Gasteiger partial charge in [-0.1, -0.05) is 61.1 Å². The van der Waals surface area contributed by atoms with Crippen molar-refractivity contribution < 1.29 is 0 Å². The number of rotatable bonds is 5. The van der Waals surface area contributed by atoms with Gasteiger partial charge in [0.25, 0.3) is 0 Å². The second-order valence-electron chi connectivity index (χ2n) is 8.16. The van der Waals surface area contributed by atoms with Gasteiger partial charge in [0.15, 0.2) is 0 Å². The standard InChI is InChI=1S/C23H31N/c1-7-20-11-17(4)8-9-22(20)19(6)24-14-23(15-24)12-21(13-23)18(5)10-16(2)3/h8-11,21H,2,6-7,12-15H2,1,3-5H3/b18-10+. The molecule has 2 aliphatic rings. The lowest BCUT2D eigenvalue weighted by Gasteiger charge is -2.61. The topological polar surface area (TPSA) is 3.24 Å². The van der Waals surface area contributed by atoms with E-state index in [0.29, 0.717) is 5.41 Å². The predicted molar refractivity (Wildman–Crippen MR) is 105 cm³/mol. The minimum Gasteiger partial charge on any atom is -0.370 e. The lowest BCUT2D eigenvalue weighted by atomic mass is 9.56. The lowest BCUT2D eigenvalue weighted by Crippen LogP contribution is -2.61. The molecule has 0 radical (unpaired) electrons. The van der Waals surface area contributed by atoms with Crippen LogP contribution < -0.4 is 0 Å². The summed E-state index contributed by atoms with van der Waals surface area (Å²) in [6.45, 7) is 19.5. The minimum atomic E-state index is 0.550. The highest BCUT2D eigenvalue weighted by Crippen LogP contribution is 2.55. The summed E-state index contributed by atoms with van der Waals surface area (Å²) in [5, 5.41) is 0. The van der Waals surface area contributed by atoms with Crippen LogP contribution in [0.4, 0.5) is 0 Å². The van der Waals surface area contributed by atoms with Gasteiger partial charge >= 0.3 is 0 Å². The maximum atomic E-state index is 4.41. The van der Waals surface area contributed by atoms with E-state index >= 15 is 0 Å². The van der Waals surface area contributed by atoms with Gasteiger partial charge < -0.3 is 4.90 Å². The van der Waals surface area contributed by atoms with Crippen LogP contribution >= 0.6 is 0 Å². The molecule has 0 N–H and O–H groups in total. The third kappa shape index (κ3) is 3.09. The summed E-state index contributed by atoms with van der Waals surface area (Å²) in [6, 6.07) is 6.77. The van der Waals surface area contributed by atoms with Gasteiger partial charge in [-0.15, -0.1) is 0 Å². The molecule has 128 valence electrons. The molecule has 0 aromatic heterocycles. The molecule has 0 bridgehead atoms. The number of benzene rings is 1. The van der Waals surface area contributed by atoms with Gasteiger partial charge in [-0.3, -0.25) is 0 Å². The van der Waals surface area contributed by atoms with Crippen molar-refractivity contribution in [3.05, 3.63) is 65.3 Å². The maximum Gasteiger partial charge on any atom is 0.0369 e. The zero-order valence-electron chi connectivity index (χ0n) is 15.8. The monoisotopic (exact) mass is 321 g/mol. The van der Waals surface area contributed by atoms with E-state index in [0.717, 1.165) is 12.3 Å². The highest BCUT2D eigenvalue weighted by atomic mass is 15.2. The zero-order chi connectivity index (χ0) is 17.5. The summed E-state index contributed by atoms with van der Waals surface area (Å²) in [7, 11) is 0. The number of nitrogens with zero attached hydrogens (tertiary/aromatic N) is 1. The fourth-order valence-corrected chi connectivity index (χ4v) is 4.49. The largest absolute Gasteiger partial charge is 0.370 e. The van der Waals surface area contributed by atoms with Crippen LogP contribution in [0.15, 0.2) is 48.6 Å². The van der Waals surface area contributed by atoms with E-state index in [2.05, 4.69) is 70.0 Å². The van der Waals surface area contributed by atoms with E-state index < -0.39 is 0 Å². The average molecular weight is 322 g/mol. The van der Waals surface area contributed by atoms with E-state index in [-0.39, 0.29) is 0 Å². The van der Waals surface area contributed by atoms with Crippen molar-refractivity contribution in [1.29, 1.82) is 0 Å². The Bertz CT molecular complexity index is 693. The zero-order valence-corrected chi connectivity index (χ0v) is 15.8. The van der Waals surface area contributed by atoms with Crippen molar-refractivity contribution in [2.24, 2.45) is 11.3 Å². The Hall–Kier alpha value is -1.76. The molecule has 3 rings (SSSR count). The molecule has 24 heavy (non-hydrogen) atoms. The van der Waals surface area contributed by atoms with E-state index in [1.54, 1.807) is 0 Å². The Morgan fingerprint density at radius 1 is 1.25 bits per heavy atom. The number of likely N-dealkylation sites (tertiary alicyclic amines) is 1. The second-order valence-corrected chi connectivity index (χ2v) is 8.16. The highest BCUT2D eigenvalue weighted by Gasteiger charge is 2.52. The third-order valence-electron chi connectivity index (χ3n) is 5.86. The van der Waals surface area contributed by atoms with Gasteiger partial charge in [0, 0.05) is 29.8 Å². The second kappa shape index (κ2) is 6.27. The Kier molecular flexibility index (Phi) is 4.46. The van der Waals surface area contributed by atoms with E-state index in [1.165, 1.54) is 59.5 Å². The molecule has 1 saturated heterocycles. The summed E-state index contributed by atoms with van der Waals surface area (Å²) < 4.78 is 0. The lowest BCUT2D eigenvalue weighted by molar-refractivity contribution is -0.0531. The van der Waals surface area contributed by atoms with Gasteiger partial charge in [0.05, 0.1) is 0 Å². The number of aryl methyl sites for hydroxylation is 2. The fraction of sp³-hybridized carbons (Fsp3) is 0.478. The Morgan fingerprint density at radius 3 is 2.50 bits per heavy atom. The molecule has 1 spiro atoms. The quantitative estimate of drug-likeness (QED) is 0.623. The molecule has 2 fully saturated rings. The molecule has 0 unspecified atom stereocenters. The van der Waals surface area contributed by atoms with Crippen LogP contribution in [-0.4, -0.2) is 18.0 Å². The summed E-state index contributed by atoms with van der Waals surface area (Å²) in [6.07, 6.45) is 6.00. The van der Waals surface area contributed by atoms with Crippen molar-refractivity contribution in [2.75, 3.05) is 13.1 Å². The maximum absolute atomic E-state index is 4.41. The molecule has 1 aromatic rings. The van der Waals surface area contributed by atoms with Gasteiger partial charge in [-0.25, -0.2) is 0 Å². The van der Waals surface area contributed by atoms with E-state index in [9.17, 15) is 0 Å². The summed E-state index contributed by atoms with van der Waals surface area (Å²) >= 11 is 0. The first-order chi connectivity index (χ1) is 11.3. The molecule has 1 saturated carbocycles. The van der Waals surface area contributed by atoms with Crippen molar-refractivity contribution in [2.45, 2.75) is 47.0 Å². The smallest absolute Gasteiger partial charge is 0.0369 e. The van der Waals surface area contributed by atoms with Crippen LogP contribution in [0.25, 0.3) is 5.70 Å². The first kappa shape index (κ1) is 17.1. The molecule has 1 aliphatic carbocycles. The first-order valence-corrected chi connectivity index (χ1v) is 9.21. The van der Waals surface area contributed by atoms with Crippen LogP contribution in [0.3, 0.4) is 0 Å². The molecule has 0 amide bonds. The molecule has 0 atom stereocenters. The van der Waals surface area contributed by atoms with Crippen molar-refractivity contribution >= 4 is 5.70 Å². The van der Waals surface area contributed by atoms with Crippen LogP contribution in [0.2, 0.25) is 0 Å². The first-order valence-electron chi connectivity index (χ1n) is 9.21. The molecule has 1 nitrogen and oxygen atoms in total. The molecule has 1 heteroatoms. The van der Waals surface area contributed by atoms with Crippen LogP contribution in [0.1, 0.15) is 50.3 Å². The molecule has 1 aliphatic heterocycles. The molecule has 1 aromatic carbocycles. The number of hydrogen-bond acceptors (Lipinski definition) is 1. The van der Waals surface area contributed by atoms with Crippen molar-refractivity contribution in [3.63, 3.8) is 0 Å². The Balaban J connectivity index is 1.60. The normalized spacial score (nSPS) is 19.8. The molecular formula is C23H31N. The molecule has 1 heterocycles. The van der Waals surface area contributed by atoms with Crippen molar-refractivity contribution in [3.8, 4) is 0 Å². The third-order valence-corrected chi connectivity index (χ3v) is 5.86. The van der Waals surface area contributed by atoms with Gasteiger partial charge in [-0.2, -0.15) is 0 Å². The summed E-state index contributed by atoms with van der Waals surface area (Å²) in [5.41, 5.74) is 8.55. The van der Waals surface area contributed by atoms with E-state index in [1.807, 2.05) is 0 Å². The van der Waals surface area contributed by atoms with E-state index in [4.69, 9.17) is 0 Å². The number of allylic oxidation sites excluding steroid dienone is 3. The van der Waals surface area contributed by atoms with Crippen molar-refractivity contribution in [1.82, 2.24) is 4.90 Å². The average Bonchev–Trinajstić information content (AvgIpc) is 2.43. The summed E-state index contributed by atoms with van der Waals surface area (Å²) in [4.78, 5) is 2.48. The Morgan fingerprint density at radius 2 is 1.92 bits per heavy atom. The number of hydrogen-bond donors (Lipinski definition) is 0.